The molecule has 11 heavy (non-hydrogen) atoms. The third-order valence-electron chi connectivity index (χ3n) is 1.08. The van der Waals surface area contributed by atoms with E-state index in [-0.39, 0.29) is 12.8 Å². The van der Waals surface area contributed by atoms with Gasteiger partial charge in [0.05, 0.1) is 0 Å². The summed E-state index contributed by atoms with van der Waals surface area (Å²) in [5, 5.41) is 0. The average Bonchev–Trinajstić information content (AvgIpc) is 1.83. The first kappa shape index (κ1) is 8.19. The Bertz CT molecular complexity index is 191. The van der Waals surface area contributed by atoms with Gasteiger partial charge in [-0.05, 0) is 6.42 Å². The molecule has 0 aliphatic carbocycles. The number of rotatable bonds is 0. The van der Waals surface area contributed by atoms with Gasteiger partial charge in [0.25, 0.3) is 0 Å². The Balaban J connectivity index is 2.54. The highest BCUT2D eigenvalue weighted by Crippen LogP contribution is 2.06. The zero-order chi connectivity index (χ0) is 8.27. The van der Waals surface area contributed by atoms with Crippen LogP contribution in [0.25, 0.3) is 0 Å². The second kappa shape index (κ2) is 3.47. The van der Waals surface area contributed by atoms with Crippen molar-refractivity contribution in [3.63, 3.8) is 0 Å². The molecule has 6 heteroatoms. The molecule has 5 nitrogen and oxygen atoms in total. The van der Waals surface area contributed by atoms with Crippen molar-refractivity contribution >= 4 is 23.3 Å². The summed E-state index contributed by atoms with van der Waals surface area (Å²) in [6, 6.07) is 0. The summed E-state index contributed by atoms with van der Waals surface area (Å²) in [4.78, 5) is 21.1. The first-order valence-electron chi connectivity index (χ1n) is 3.02. The molecule has 1 saturated heterocycles. The van der Waals surface area contributed by atoms with E-state index in [1.807, 2.05) is 0 Å². The molecule has 0 bridgehead atoms. The van der Waals surface area contributed by atoms with Gasteiger partial charge < -0.3 is 8.37 Å². The lowest BCUT2D eigenvalue weighted by atomic mass is 10.2. The molecule has 0 aromatic rings. The Morgan fingerprint density at radius 3 is 2.00 bits per heavy atom. The fourth-order valence-electron chi connectivity index (χ4n) is 0.629. The second-order valence-corrected chi connectivity index (χ2v) is 2.71. The Hall–Kier alpha value is -0.910. The summed E-state index contributed by atoms with van der Waals surface area (Å²) in [5.41, 5.74) is 0. The van der Waals surface area contributed by atoms with Crippen LogP contribution in [0.4, 0.5) is 0 Å². The normalized spacial score (nSPS) is 21.5. The molecule has 1 aliphatic rings. The van der Waals surface area contributed by atoms with Gasteiger partial charge in [-0.2, -0.15) is 4.21 Å². The van der Waals surface area contributed by atoms with E-state index in [2.05, 4.69) is 8.37 Å². The van der Waals surface area contributed by atoms with Gasteiger partial charge in [-0.25, -0.2) is 0 Å². The van der Waals surface area contributed by atoms with Crippen LogP contribution >= 0.6 is 0 Å². The summed E-state index contributed by atoms with van der Waals surface area (Å²) in [6.45, 7) is 0. The highest BCUT2D eigenvalue weighted by atomic mass is 32.2. The molecule has 0 aromatic heterocycles. The number of hydrogen-bond donors (Lipinski definition) is 0. The van der Waals surface area contributed by atoms with E-state index in [1.54, 1.807) is 0 Å². The van der Waals surface area contributed by atoms with Gasteiger partial charge in [0.2, 0.25) is 0 Å². The van der Waals surface area contributed by atoms with Crippen LogP contribution in [0.15, 0.2) is 0 Å². The molecule has 1 heterocycles. The highest BCUT2D eigenvalue weighted by molar-refractivity contribution is 7.76. The van der Waals surface area contributed by atoms with E-state index in [1.165, 1.54) is 0 Å². The van der Waals surface area contributed by atoms with Crippen LogP contribution in [0.2, 0.25) is 0 Å². The molecule has 0 amide bonds. The molecule has 0 atom stereocenters. The highest BCUT2D eigenvalue weighted by Gasteiger charge is 2.18. The van der Waals surface area contributed by atoms with Crippen LogP contribution in [-0.2, 0) is 29.3 Å². The minimum Gasteiger partial charge on any atom is -0.334 e. The van der Waals surface area contributed by atoms with Gasteiger partial charge in [0, 0.05) is 12.8 Å². The minimum atomic E-state index is -2.23. The lowest BCUT2D eigenvalue weighted by Crippen LogP contribution is -2.17. The second-order valence-electron chi connectivity index (χ2n) is 1.97. The minimum absolute atomic E-state index is 0.112. The molecule has 1 rings (SSSR count). The SMILES string of the molecule is O=C1CCCC(=O)OS(=O)O1. The zero-order valence-corrected chi connectivity index (χ0v) is 6.39. The standard InChI is InChI=1S/C5H6O5S/c6-4-2-1-3-5(7)10-11(8)9-4/h1-3H2. The topological polar surface area (TPSA) is 69.7 Å². The third kappa shape index (κ3) is 2.67. The summed E-state index contributed by atoms with van der Waals surface area (Å²) in [5.74, 6) is -1.20. The van der Waals surface area contributed by atoms with Crippen molar-refractivity contribution in [1.29, 1.82) is 0 Å². The van der Waals surface area contributed by atoms with Crippen LogP contribution in [0.1, 0.15) is 19.3 Å². The van der Waals surface area contributed by atoms with Crippen molar-refractivity contribution in [3.05, 3.63) is 0 Å². The van der Waals surface area contributed by atoms with E-state index in [0.29, 0.717) is 6.42 Å². The fraction of sp³-hybridized carbons (Fsp3) is 0.600. The first-order valence-corrected chi connectivity index (χ1v) is 4.02. The Morgan fingerprint density at radius 2 is 1.55 bits per heavy atom. The quantitative estimate of drug-likeness (QED) is 0.515. The van der Waals surface area contributed by atoms with Crippen LogP contribution in [0.5, 0.6) is 0 Å². The molecule has 0 N–H and O–H groups in total. The zero-order valence-electron chi connectivity index (χ0n) is 5.57. The van der Waals surface area contributed by atoms with Crippen molar-refractivity contribution in [2.24, 2.45) is 0 Å². The van der Waals surface area contributed by atoms with Gasteiger partial charge in [0.1, 0.15) is 0 Å². The summed E-state index contributed by atoms with van der Waals surface area (Å²) >= 11 is -2.23. The van der Waals surface area contributed by atoms with Gasteiger partial charge in [-0.3, -0.25) is 9.59 Å². The van der Waals surface area contributed by atoms with Gasteiger partial charge in [0.15, 0.2) is 0 Å². The molecule has 1 fully saturated rings. The van der Waals surface area contributed by atoms with Crippen LogP contribution in [-0.4, -0.2) is 16.1 Å². The molecular weight excluding hydrogens is 172 g/mol. The average molecular weight is 178 g/mol. The van der Waals surface area contributed by atoms with Crippen LogP contribution in [0.3, 0.4) is 0 Å². The summed E-state index contributed by atoms with van der Waals surface area (Å²) in [7, 11) is 0. The molecule has 62 valence electrons. The van der Waals surface area contributed by atoms with Crippen LogP contribution in [0, 0.1) is 0 Å². The van der Waals surface area contributed by atoms with Crippen molar-refractivity contribution in [2.45, 2.75) is 19.3 Å². The molecule has 0 unspecified atom stereocenters. The van der Waals surface area contributed by atoms with Crippen molar-refractivity contribution in [1.82, 2.24) is 0 Å². The maximum atomic E-state index is 10.5. The smallest absolute Gasteiger partial charge is 0.334 e. The van der Waals surface area contributed by atoms with E-state index in [0.717, 1.165) is 0 Å². The van der Waals surface area contributed by atoms with Gasteiger partial charge in [-0.1, -0.05) is 0 Å². The maximum absolute atomic E-state index is 10.5. The third-order valence-corrected chi connectivity index (χ3v) is 1.73. The van der Waals surface area contributed by atoms with E-state index in [9.17, 15) is 13.8 Å². The predicted molar refractivity (Wildman–Crippen MR) is 34.2 cm³/mol. The molecule has 0 aromatic carbocycles. The van der Waals surface area contributed by atoms with E-state index >= 15 is 0 Å². The van der Waals surface area contributed by atoms with Crippen LogP contribution < -0.4 is 0 Å². The van der Waals surface area contributed by atoms with E-state index < -0.39 is 23.3 Å². The fourth-order valence-corrected chi connectivity index (χ4v) is 1.13. The van der Waals surface area contributed by atoms with Crippen molar-refractivity contribution in [2.75, 3.05) is 0 Å². The maximum Gasteiger partial charge on any atom is 0.422 e. The number of carbonyl (C=O) groups excluding carboxylic acids is 2. The molecule has 1 aliphatic heterocycles. The monoisotopic (exact) mass is 178 g/mol. The summed E-state index contributed by atoms with van der Waals surface area (Å²) < 4.78 is 18.8. The largest absolute Gasteiger partial charge is 0.422 e. The predicted octanol–water partition coefficient (Wildman–Crippen LogP) is -0.165. The molecule has 0 saturated carbocycles. The lowest BCUT2D eigenvalue weighted by molar-refractivity contribution is -0.139. The molecular formula is C5H6O5S. The molecule has 0 spiro atoms. The van der Waals surface area contributed by atoms with Crippen molar-refractivity contribution < 1.29 is 22.2 Å². The lowest BCUT2D eigenvalue weighted by Gasteiger charge is -2.06. The Kier molecular flexibility index (Phi) is 2.58. The number of hydrogen-bond acceptors (Lipinski definition) is 5. The van der Waals surface area contributed by atoms with Crippen molar-refractivity contribution in [3.8, 4) is 0 Å². The van der Waals surface area contributed by atoms with E-state index in [4.69, 9.17) is 0 Å². The number of carbonyl (C=O) groups is 2. The Labute approximate surface area is 65.5 Å². The Morgan fingerprint density at radius 1 is 1.09 bits per heavy atom. The summed E-state index contributed by atoms with van der Waals surface area (Å²) in [6.07, 6.45) is 0.608. The van der Waals surface area contributed by atoms with Gasteiger partial charge >= 0.3 is 23.3 Å². The first-order chi connectivity index (χ1) is 5.18. The van der Waals surface area contributed by atoms with Gasteiger partial charge in [-0.15, -0.1) is 0 Å². The molecule has 0 radical (unpaired) electrons.